The summed E-state index contributed by atoms with van der Waals surface area (Å²) in [6.07, 6.45) is -1.08. The molecule has 3 aromatic carbocycles. The van der Waals surface area contributed by atoms with E-state index in [1.807, 2.05) is 62.4 Å². The molecule has 3 N–H and O–H groups in total. The summed E-state index contributed by atoms with van der Waals surface area (Å²) in [4.78, 5) is 60.4. The molecule has 6 rings (SSSR count). The van der Waals surface area contributed by atoms with Crippen LogP contribution in [-0.2, 0) is 37.5 Å². The van der Waals surface area contributed by atoms with Gasteiger partial charge in [0.05, 0.1) is 25.2 Å². The second-order valence-corrected chi connectivity index (χ2v) is 15.0. The molecule has 0 saturated carbocycles. The second-order valence-electron chi connectivity index (χ2n) is 15.0. The molecule has 294 valence electrons. The molecule has 3 heterocycles. The zero-order valence-electron chi connectivity index (χ0n) is 31.7. The van der Waals surface area contributed by atoms with Crippen molar-refractivity contribution in [2.24, 2.45) is 0 Å². The summed E-state index contributed by atoms with van der Waals surface area (Å²) in [6.45, 7) is 9.42. The maximum Gasteiger partial charge on any atom is 0.407 e. The lowest BCUT2D eigenvalue weighted by Gasteiger charge is -2.47. The fourth-order valence-corrected chi connectivity index (χ4v) is 7.73. The standard InChI is InChI=1S/C41H51FN6O7/c1-28-21-46(34(23-47(28)40(52)53)22-45-17-18-54-25-29(45)2)24-37(49)48-27-41(3,35-14-11-32(20-36(35)48)19-30-9-12-33(42)13-10-30)38(50)43-15-16-44-39(51)55-26-31-7-5-4-6-8-31/h4-14,20,28-29,34H,15-19,21-27H2,1-3H3,(H,43,50)(H,44,51)(H,52,53)/t28?,29-,34?,41?/m1/s1. The molecule has 13 nitrogen and oxygen atoms in total. The first-order chi connectivity index (χ1) is 26.4. The van der Waals surface area contributed by atoms with Crippen molar-refractivity contribution in [1.82, 2.24) is 25.3 Å². The minimum absolute atomic E-state index is 0.0372. The molecule has 0 aliphatic carbocycles. The first-order valence-electron chi connectivity index (χ1n) is 18.9. The highest BCUT2D eigenvalue weighted by atomic mass is 19.1. The number of piperazine rings is 1. The molecule has 3 aromatic rings. The summed E-state index contributed by atoms with van der Waals surface area (Å²) in [6, 6.07) is 20.9. The second kappa shape index (κ2) is 17.6. The predicted molar refractivity (Wildman–Crippen MR) is 204 cm³/mol. The quantitative estimate of drug-likeness (QED) is 0.235. The van der Waals surface area contributed by atoms with E-state index in [1.54, 1.807) is 17.0 Å². The third-order valence-electron chi connectivity index (χ3n) is 10.9. The number of carbonyl (C=O) groups excluding carboxylic acids is 3. The van der Waals surface area contributed by atoms with Crippen molar-refractivity contribution in [3.63, 3.8) is 0 Å². The molecule has 3 unspecified atom stereocenters. The van der Waals surface area contributed by atoms with Crippen LogP contribution in [0.4, 0.5) is 19.7 Å². The van der Waals surface area contributed by atoms with Crippen molar-refractivity contribution in [3.05, 3.63) is 101 Å². The van der Waals surface area contributed by atoms with Crippen molar-refractivity contribution in [2.45, 2.75) is 57.3 Å². The number of amides is 4. The Balaban J connectivity index is 1.18. The van der Waals surface area contributed by atoms with E-state index >= 15 is 0 Å². The van der Waals surface area contributed by atoms with Gasteiger partial charge < -0.3 is 35.0 Å². The Bertz CT molecular complexity index is 1830. The zero-order chi connectivity index (χ0) is 39.1. The molecule has 0 aromatic heterocycles. The summed E-state index contributed by atoms with van der Waals surface area (Å²) in [5, 5.41) is 15.6. The van der Waals surface area contributed by atoms with Gasteiger partial charge in [-0.15, -0.1) is 0 Å². The van der Waals surface area contributed by atoms with Gasteiger partial charge in [-0.2, -0.15) is 0 Å². The average molecular weight is 759 g/mol. The van der Waals surface area contributed by atoms with E-state index in [1.165, 1.54) is 17.0 Å². The first-order valence-corrected chi connectivity index (χ1v) is 18.9. The fourth-order valence-electron chi connectivity index (χ4n) is 7.73. The molecule has 14 heteroatoms. The molecule has 55 heavy (non-hydrogen) atoms. The van der Waals surface area contributed by atoms with Gasteiger partial charge in [0.15, 0.2) is 0 Å². The Labute approximate surface area is 321 Å². The predicted octanol–water partition coefficient (Wildman–Crippen LogP) is 3.84. The van der Waals surface area contributed by atoms with Crippen LogP contribution in [0.2, 0.25) is 0 Å². The topological polar surface area (TPSA) is 144 Å². The minimum Gasteiger partial charge on any atom is -0.465 e. The smallest absolute Gasteiger partial charge is 0.407 e. The summed E-state index contributed by atoms with van der Waals surface area (Å²) in [5.41, 5.74) is 2.87. The molecule has 4 amide bonds. The van der Waals surface area contributed by atoms with E-state index in [9.17, 15) is 28.7 Å². The number of alkyl carbamates (subject to hydrolysis) is 1. The lowest BCUT2D eigenvalue weighted by Crippen LogP contribution is -2.64. The van der Waals surface area contributed by atoms with Crippen molar-refractivity contribution < 1.29 is 38.1 Å². The van der Waals surface area contributed by atoms with Crippen LogP contribution in [-0.4, -0.2) is 128 Å². The monoisotopic (exact) mass is 758 g/mol. The van der Waals surface area contributed by atoms with Crippen molar-refractivity contribution in [1.29, 1.82) is 0 Å². The third kappa shape index (κ3) is 9.61. The Morgan fingerprint density at radius 2 is 1.64 bits per heavy atom. The summed E-state index contributed by atoms with van der Waals surface area (Å²) < 4.78 is 24.6. The number of halogens is 1. The summed E-state index contributed by atoms with van der Waals surface area (Å²) >= 11 is 0. The number of benzene rings is 3. The van der Waals surface area contributed by atoms with E-state index in [2.05, 4.69) is 27.4 Å². The highest BCUT2D eigenvalue weighted by Gasteiger charge is 2.47. The van der Waals surface area contributed by atoms with E-state index < -0.39 is 17.6 Å². The van der Waals surface area contributed by atoms with Gasteiger partial charge in [-0.3, -0.25) is 19.4 Å². The lowest BCUT2D eigenvalue weighted by molar-refractivity contribution is -0.126. The first kappa shape index (κ1) is 39.6. The number of carbonyl (C=O) groups is 4. The summed E-state index contributed by atoms with van der Waals surface area (Å²) in [7, 11) is 0. The van der Waals surface area contributed by atoms with Gasteiger partial charge in [-0.25, -0.2) is 14.0 Å². The Morgan fingerprint density at radius 3 is 2.36 bits per heavy atom. The highest BCUT2D eigenvalue weighted by molar-refractivity contribution is 6.03. The number of ether oxygens (including phenoxy) is 2. The molecule has 4 atom stereocenters. The van der Waals surface area contributed by atoms with E-state index in [4.69, 9.17) is 9.47 Å². The summed E-state index contributed by atoms with van der Waals surface area (Å²) in [5.74, 6) is -0.816. The van der Waals surface area contributed by atoms with E-state index in [0.29, 0.717) is 44.0 Å². The van der Waals surface area contributed by atoms with Crippen LogP contribution < -0.4 is 15.5 Å². The maximum atomic E-state index is 14.5. The fraction of sp³-hybridized carbons (Fsp3) is 0.463. The molecular weight excluding hydrogens is 707 g/mol. The number of hydrogen-bond acceptors (Lipinski definition) is 8. The van der Waals surface area contributed by atoms with Crippen LogP contribution in [0.15, 0.2) is 72.8 Å². The van der Waals surface area contributed by atoms with Gasteiger partial charge in [0.2, 0.25) is 11.8 Å². The van der Waals surface area contributed by atoms with Crippen LogP contribution >= 0.6 is 0 Å². The van der Waals surface area contributed by atoms with Crippen LogP contribution in [0, 0.1) is 5.82 Å². The van der Waals surface area contributed by atoms with E-state index in [-0.39, 0.29) is 75.1 Å². The van der Waals surface area contributed by atoms with Gasteiger partial charge >= 0.3 is 12.2 Å². The minimum atomic E-state index is -1.11. The lowest BCUT2D eigenvalue weighted by atomic mass is 9.83. The number of fused-ring (bicyclic) bond motifs is 1. The Kier molecular flexibility index (Phi) is 12.7. The number of nitrogens with one attached hydrogen (secondary N) is 2. The Hall–Kier alpha value is -5.05. The molecule has 2 fully saturated rings. The van der Waals surface area contributed by atoms with Crippen LogP contribution in [0.25, 0.3) is 0 Å². The van der Waals surface area contributed by atoms with Gasteiger partial charge in [-0.1, -0.05) is 54.6 Å². The molecule has 0 spiro atoms. The van der Waals surface area contributed by atoms with Gasteiger partial charge in [0, 0.05) is 69.6 Å². The molecule has 3 aliphatic rings. The maximum absolute atomic E-state index is 14.5. The molecule has 0 radical (unpaired) electrons. The zero-order valence-corrected chi connectivity index (χ0v) is 31.7. The van der Waals surface area contributed by atoms with Crippen LogP contribution in [0.5, 0.6) is 0 Å². The highest BCUT2D eigenvalue weighted by Crippen LogP contribution is 2.42. The Morgan fingerprint density at radius 1 is 0.909 bits per heavy atom. The molecular formula is C41H51FN6O7. The van der Waals surface area contributed by atoms with Crippen LogP contribution in [0.3, 0.4) is 0 Å². The number of morpholine rings is 1. The van der Waals surface area contributed by atoms with E-state index in [0.717, 1.165) is 23.2 Å². The van der Waals surface area contributed by atoms with Crippen molar-refractivity contribution in [3.8, 4) is 0 Å². The number of hydrogen-bond donors (Lipinski definition) is 3. The molecule has 2 saturated heterocycles. The SMILES string of the molecule is CC1CN(CC(=O)N2CC(C)(C(=O)NCCNC(=O)OCc3ccccc3)c3ccc(Cc4ccc(F)cc4)cc32)C(CN2CCOC[C@H]2C)CN1C(=O)O. The molecule has 3 aliphatic heterocycles. The van der Waals surface area contributed by atoms with Gasteiger partial charge in [-0.05, 0) is 67.6 Å². The normalized spacial score (nSPS) is 22.9. The number of nitrogens with zero attached hydrogens (tertiary/aromatic N) is 4. The third-order valence-corrected chi connectivity index (χ3v) is 10.9. The number of carboxylic acid groups (broad SMARTS) is 1. The van der Waals surface area contributed by atoms with Crippen LogP contribution in [0.1, 0.15) is 43.0 Å². The van der Waals surface area contributed by atoms with Crippen molar-refractivity contribution >= 4 is 29.7 Å². The average Bonchev–Trinajstić information content (AvgIpc) is 3.48. The number of anilines is 1. The number of rotatable bonds is 12. The van der Waals surface area contributed by atoms with Gasteiger partial charge in [0.1, 0.15) is 12.4 Å². The van der Waals surface area contributed by atoms with Crippen molar-refractivity contribution in [2.75, 3.05) is 70.5 Å². The van der Waals surface area contributed by atoms with Gasteiger partial charge in [0.25, 0.3) is 0 Å². The largest absolute Gasteiger partial charge is 0.465 e. The molecule has 0 bridgehead atoms.